The summed E-state index contributed by atoms with van der Waals surface area (Å²) < 4.78 is 2.24. The molecule has 9 aromatic carbocycles. The summed E-state index contributed by atoms with van der Waals surface area (Å²) in [5.41, 5.74) is 9.05. The number of hydrogen-bond donors (Lipinski definition) is 0. The molecule has 0 atom stereocenters. The number of benzene rings is 9. The minimum Gasteiger partial charge on any atom is -0.278 e. The van der Waals surface area contributed by atoms with E-state index in [0.29, 0.717) is 17.6 Å². The van der Waals surface area contributed by atoms with Crippen molar-refractivity contribution in [1.29, 1.82) is 0 Å². The smallest absolute Gasteiger partial charge is 0.238 e. The predicted octanol–water partition coefficient (Wildman–Crippen LogP) is 13.2. The third-order valence-electron chi connectivity index (χ3n) is 12.2. The minimum absolute atomic E-state index is 0.253. The third kappa shape index (κ3) is 4.38. The molecule has 0 saturated carbocycles. The molecule has 0 radical (unpaired) electrons. The Kier molecular flexibility index (Phi) is 6.37. The van der Waals surface area contributed by atoms with Gasteiger partial charge in [0.1, 0.15) is 0 Å². The molecule has 56 heavy (non-hydrogen) atoms. The van der Waals surface area contributed by atoms with Gasteiger partial charge in [-0.3, -0.25) is 4.57 Å². The van der Waals surface area contributed by atoms with Crippen molar-refractivity contribution in [2.45, 2.75) is 19.3 Å². The van der Waals surface area contributed by atoms with Gasteiger partial charge in [0, 0.05) is 27.3 Å². The van der Waals surface area contributed by atoms with Crippen LogP contribution in [0.1, 0.15) is 25.0 Å². The highest BCUT2D eigenvalue weighted by Gasteiger charge is 2.37. The summed E-state index contributed by atoms with van der Waals surface area (Å²) in [6.07, 6.45) is 0. The van der Waals surface area contributed by atoms with Crippen LogP contribution in [0.3, 0.4) is 0 Å². The van der Waals surface area contributed by atoms with Crippen molar-refractivity contribution >= 4 is 64.9 Å². The van der Waals surface area contributed by atoms with E-state index in [4.69, 9.17) is 15.0 Å². The van der Waals surface area contributed by atoms with Gasteiger partial charge in [0.05, 0.1) is 11.0 Å². The van der Waals surface area contributed by atoms with Crippen molar-refractivity contribution in [2.24, 2.45) is 0 Å². The van der Waals surface area contributed by atoms with Crippen LogP contribution in [0.25, 0.3) is 105 Å². The quantitative estimate of drug-likeness (QED) is 0.135. The number of fused-ring (bicyclic) bond motifs is 13. The predicted molar refractivity (Wildman–Crippen MR) is 233 cm³/mol. The molecule has 1 aliphatic carbocycles. The van der Waals surface area contributed by atoms with E-state index in [-0.39, 0.29) is 5.41 Å². The molecule has 0 aliphatic heterocycles. The molecule has 4 nitrogen and oxygen atoms in total. The normalized spacial score (nSPS) is 13.3. The molecule has 2 aromatic heterocycles. The van der Waals surface area contributed by atoms with Crippen molar-refractivity contribution in [3.8, 4) is 39.9 Å². The first-order valence-electron chi connectivity index (χ1n) is 19.3. The number of aromatic nitrogens is 4. The van der Waals surface area contributed by atoms with E-state index in [0.717, 1.165) is 22.2 Å². The minimum atomic E-state index is -0.253. The molecular formula is C52H34N4. The number of rotatable bonds is 3. The summed E-state index contributed by atoms with van der Waals surface area (Å²) in [5.74, 6) is 1.90. The van der Waals surface area contributed by atoms with E-state index in [2.05, 4.69) is 152 Å². The fourth-order valence-corrected chi connectivity index (χ4v) is 9.44. The molecule has 0 spiro atoms. The Bertz CT molecular complexity index is 3380. The van der Waals surface area contributed by atoms with Crippen molar-refractivity contribution in [2.75, 3.05) is 0 Å². The summed E-state index contributed by atoms with van der Waals surface area (Å²) >= 11 is 0. The molecule has 12 rings (SSSR count). The second-order valence-corrected chi connectivity index (χ2v) is 15.6. The maximum absolute atomic E-state index is 5.20. The molecule has 0 unspecified atom stereocenters. The Hall–Kier alpha value is -7.17. The summed E-state index contributed by atoms with van der Waals surface area (Å²) in [6.45, 7) is 4.76. The van der Waals surface area contributed by atoms with Crippen molar-refractivity contribution < 1.29 is 0 Å². The standard InChI is InChI=1S/C52H34N4/c1-52(2)45-29-41-36-22-12-11-21-35(36)38-25-33-19-9-10-20-34(33)26-39(38)40(41)27-42(45)43-28-44-37-23-13-14-24-47(37)56(48(44)30-46(43)52)51-54-49(31-15-5-3-6-16-31)53-50(55-51)32-17-7-4-8-18-32/h3-30H,1-2H3. The van der Waals surface area contributed by atoms with Crippen LogP contribution >= 0.6 is 0 Å². The Morgan fingerprint density at radius 2 is 0.839 bits per heavy atom. The third-order valence-corrected chi connectivity index (χ3v) is 12.2. The maximum atomic E-state index is 5.20. The van der Waals surface area contributed by atoms with Crippen LogP contribution in [0.4, 0.5) is 0 Å². The lowest BCUT2D eigenvalue weighted by Gasteiger charge is -2.23. The first-order chi connectivity index (χ1) is 27.5. The average molecular weight is 715 g/mol. The fourth-order valence-electron chi connectivity index (χ4n) is 9.44. The van der Waals surface area contributed by atoms with E-state index in [1.165, 1.54) is 76.1 Å². The van der Waals surface area contributed by atoms with E-state index in [1.807, 2.05) is 36.4 Å². The summed E-state index contributed by atoms with van der Waals surface area (Å²) in [4.78, 5) is 15.4. The van der Waals surface area contributed by atoms with Gasteiger partial charge >= 0.3 is 0 Å². The Labute approximate surface area is 323 Å². The largest absolute Gasteiger partial charge is 0.278 e. The second kappa shape index (κ2) is 11.4. The van der Waals surface area contributed by atoms with Crippen molar-refractivity contribution in [3.63, 3.8) is 0 Å². The zero-order valence-corrected chi connectivity index (χ0v) is 31.0. The summed E-state index contributed by atoms with van der Waals surface area (Å²) in [6, 6.07) is 61.3. The van der Waals surface area contributed by atoms with Gasteiger partial charge in [0.15, 0.2) is 11.6 Å². The molecule has 4 heteroatoms. The zero-order chi connectivity index (χ0) is 37.1. The maximum Gasteiger partial charge on any atom is 0.238 e. The Morgan fingerprint density at radius 1 is 0.375 bits per heavy atom. The van der Waals surface area contributed by atoms with Gasteiger partial charge in [-0.25, -0.2) is 4.98 Å². The number of para-hydroxylation sites is 1. The van der Waals surface area contributed by atoms with Crippen LogP contribution in [0.2, 0.25) is 0 Å². The van der Waals surface area contributed by atoms with Gasteiger partial charge in [-0.2, -0.15) is 9.97 Å². The average Bonchev–Trinajstić information content (AvgIpc) is 3.69. The lowest BCUT2D eigenvalue weighted by atomic mass is 9.81. The number of hydrogen-bond acceptors (Lipinski definition) is 3. The van der Waals surface area contributed by atoms with E-state index in [1.54, 1.807) is 0 Å². The second-order valence-electron chi connectivity index (χ2n) is 15.6. The highest BCUT2D eigenvalue weighted by atomic mass is 15.2. The highest BCUT2D eigenvalue weighted by molar-refractivity contribution is 6.28. The van der Waals surface area contributed by atoms with Crippen molar-refractivity contribution in [3.05, 3.63) is 181 Å². The van der Waals surface area contributed by atoms with Crippen LogP contribution < -0.4 is 0 Å². The molecule has 262 valence electrons. The van der Waals surface area contributed by atoms with Crippen LogP contribution in [-0.2, 0) is 5.41 Å². The van der Waals surface area contributed by atoms with Crippen LogP contribution in [0.15, 0.2) is 170 Å². The van der Waals surface area contributed by atoms with Crippen LogP contribution in [0, 0.1) is 0 Å². The monoisotopic (exact) mass is 714 g/mol. The molecule has 0 fully saturated rings. The highest BCUT2D eigenvalue weighted by Crippen LogP contribution is 2.53. The fraction of sp³-hybridized carbons (Fsp3) is 0.0577. The van der Waals surface area contributed by atoms with Gasteiger partial charge in [0.2, 0.25) is 5.95 Å². The topological polar surface area (TPSA) is 43.6 Å². The lowest BCUT2D eigenvalue weighted by Crippen LogP contribution is -2.15. The molecule has 2 heterocycles. The molecular weight excluding hydrogens is 681 g/mol. The lowest BCUT2D eigenvalue weighted by molar-refractivity contribution is 0.662. The molecule has 0 saturated heterocycles. The van der Waals surface area contributed by atoms with Crippen LogP contribution in [0.5, 0.6) is 0 Å². The molecule has 1 aliphatic rings. The van der Waals surface area contributed by atoms with Crippen LogP contribution in [-0.4, -0.2) is 19.5 Å². The van der Waals surface area contributed by atoms with E-state index in [9.17, 15) is 0 Å². The van der Waals surface area contributed by atoms with E-state index >= 15 is 0 Å². The van der Waals surface area contributed by atoms with Gasteiger partial charge in [-0.05, 0) is 108 Å². The van der Waals surface area contributed by atoms with Gasteiger partial charge < -0.3 is 0 Å². The van der Waals surface area contributed by atoms with E-state index < -0.39 is 0 Å². The van der Waals surface area contributed by atoms with Gasteiger partial charge in [-0.1, -0.05) is 141 Å². The molecule has 11 aromatic rings. The Morgan fingerprint density at radius 3 is 1.46 bits per heavy atom. The zero-order valence-electron chi connectivity index (χ0n) is 31.0. The molecule has 0 bridgehead atoms. The summed E-state index contributed by atoms with van der Waals surface area (Å²) in [5, 5.41) is 12.6. The first kappa shape index (κ1) is 31.2. The van der Waals surface area contributed by atoms with Gasteiger partial charge in [0.25, 0.3) is 0 Å². The molecule has 0 N–H and O–H groups in total. The van der Waals surface area contributed by atoms with Gasteiger partial charge in [-0.15, -0.1) is 0 Å². The summed E-state index contributed by atoms with van der Waals surface area (Å²) in [7, 11) is 0. The Balaban J connectivity index is 1.15. The first-order valence-corrected chi connectivity index (χ1v) is 19.3. The SMILES string of the molecule is CC1(C)c2cc3c4ccccc4c4cc5ccccc5cc4c3cc2-c2cc3c4ccccc4n(-c4nc(-c5ccccc5)nc(-c5ccccc5)n4)c3cc21. The molecule has 0 amide bonds. The number of nitrogens with zero attached hydrogens (tertiary/aromatic N) is 4. The van der Waals surface area contributed by atoms with Crippen molar-refractivity contribution in [1.82, 2.24) is 19.5 Å².